The number of amides is 2. The molecule has 2 atom stereocenters. The van der Waals surface area contributed by atoms with Crippen LogP contribution in [0.5, 0.6) is 0 Å². The van der Waals surface area contributed by atoms with Gasteiger partial charge in [0.25, 0.3) is 0 Å². The Bertz CT molecular complexity index is 773. The van der Waals surface area contributed by atoms with E-state index >= 15 is 0 Å². The molecule has 0 aliphatic rings. The van der Waals surface area contributed by atoms with E-state index in [-0.39, 0.29) is 12.1 Å². The molecule has 0 saturated carbocycles. The van der Waals surface area contributed by atoms with Gasteiger partial charge in [0, 0.05) is 26.3 Å². The number of rotatable bonds is 7. The third-order valence-electron chi connectivity index (χ3n) is 4.73. The summed E-state index contributed by atoms with van der Waals surface area (Å²) in [5.41, 5.74) is 3.14. The Morgan fingerprint density at radius 2 is 1.46 bits per heavy atom. The summed E-state index contributed by atoms with van der Waals surface area (Å²) in [4.78, 5) is 28.5. The predicted molar refractivity (Wildman–Crippen MR) is 113 cm³/mol. The van der Waals surface area contributed by atoms with Gasteiger partial charge in [-0.15, -0.1) is 0 Å². The second-order valence-electron chi connectivity index (χ2n) is 7.28. The molecule has 0 unspecified atom stereocenters. The molecule has 2 rings (SSSR count). The molecule has 0 heterocycles. The van der Waals surface area contributed by atoms with Crippen molar-refractivity contribution in [2.45, 2.75) is 19.0 Å². The minimum Gasteiger partial charge on any atom is -0.378 e. The number of nitrogens with one attached hydrogen (secondary N) is 2. The molecule has 6 heteroatoms. The van der Waals surface area contributed by atoms with Gasteiger partial charge in [0.05, 0.1) is 12.1 Å². The van der Waals surface area contributed by atoms with Crippen LogP contribution in [0.25, 0.3) is 0 Å². The van der Waals surface area contributed by atoms with Crippen molar-refractivity contribution in [3.8, 4) is 0 Å². The first kappa shape index (κ1) is 21.4. The summed E-state index contributed by atoms with van der Waals surface area (Å²) in [5, 5.41) is 5.49. The summed E-state index contributed by atoms with van der Waals surface area (Å²) in [6.07, 6.45) is 0. The number of nitrogens with zero attached hydrogens (tertiary/aromatic N) is 2. The number of carbonyl (C=O) groups excluding carboxylic acids is 2. The van der Waals surface area contributed by atoms with E-state index in [0.717, 1.165) is 16.8 Å². The first-order chi connectivity index (χ1) is 13.3. The maximum absolute atomic E-state index is 12.3. The van der Waals surface area contributed by atoms with Crippen molar-refractivity contribution in [1.29, 1.82) is 0 Å². The van der Waals surface area contributed by atoms with Gasteiger partial charge in [-0.2, -0.15) is 0 Å². The van der Waals surface area contributed by atoms with Crippen LogP contribution in [0, 0.1) is 0 Å². The van der Waals surface area contributed by atoms with Crippen molar-refractivity contribution in [2.24, 2.45) is 0 Å². The molecule has 0 radical (unpaired) electrons. The predicted octanol–water partition coefficient (Wildman–Crippen LogP) is 2.35. The summed E-state index contributed by atoms with van der Waals surface area (Å²) >= 11 is 0. The normalized spacial score (nSPS) is 12.9. The summed E-state index contributed by atoms with van der Waals surface area (Å²) in [6, 6.07) is 17.5. The van der Waals surface area contributed by atoms with Crippen LogP contribution in [0.1, 0.15) is 30.1 Å². The maximum Gasteiger partial charge on any atom is 0.309 e. The van der Waals surface area contributed by atoms with E-state index in [0.29, 0.717) is 6.54 Å². The molecule has 0 aliphatic carbocycles. The molecule has 0 fully saturated rings. The van der Waals surface area contributed by atoms with Crippen LogP contribution in [0.4, 0.5) is 5.69 Å². The van der Waals surface area contributed by atoms with Crippen molar-refractivity contribution in [1.82, 2.24) is 15.5 Å². The molecular weight excluding hydrogens is 352 g/mol. The lowest BCUT2D eigenvalue weighted by atomic mass is 10.1. The van der Waals surface area contributed by atoms with E-state index in [4.69, 9.17) is 0 Å². The molecule has 28 heavy (non-hydrogen) atoms. The molecule has 0 aromatic heterocycles. The van der Waals surface area contributed by atoms with Crippen LogP contribution in [-0.2, 0) is 9.59 Å². The molecule has 2 aromatic rings. The number of likely N-dealkylation sites (N-methyl/N-ethyl adjacent to an activating group) is 1. The molecule has 2 amide bonds. The summed E-state index contributed by atoms with van der Waals surface area (Å²) in [7, 11) is 7.89. The molecule has 0 saturated heterocycles. The highest BCUT2D eigenvalue weighted by Crippen LogP contribution is 2.21. The zero-order valence-corrected chi connectivity index (χ0v) is 17.3. The van der Waals surface area contributed by atoms with Crippen LogP contribution in [0.2, 0.25) is 0 Å². The number of carbonyl (C=O) groups is 2. The van der Waals surface area contributed by atoms with Gasteiger partial charge in [0.1, 0.15) is 0 Å². The Labute approximate surface area is 167 Å². The maximum atomic E-state index is 12.3. The number of hydrogen-bond donors (Lipinski definition) is 2. The molecule has 6 nitrogen and oxygen atoms in total. The highest BCUT2D eigenvalue weighted by Gasteiger charge is 2.20. The van der Waals surface area contributed by atoms with Crippen molar-refractivity contribution < 1.29 is 9.59 Å². The number of benzene rings is 2. The van der Waals surface area contributed by atoms with Gasteiger partial charge in [0.15, 0.2) is 0 Å². The van der Waals surface area contributed by atoms with Crippen LogP contribution in [-0.4, -0.2) is 51.4 Å². The highest BCUT2D eigenvalue weighted by molar-refractivity contribution is 6.35. The quantitative estimate of drug-likeness (QED) is 0.722. The first-order valence-corrected chi connectivity index (χ1v) is 9.37. The van der Waals surface area contributed by atoms with Crippen LogP contribution in [0.3, 0.4) is 0 Å². The summed E-state index contributed by atoms with van der Waals surface area (Å²) in [5.74, 6) is -1.25. The van der Waals surface area contributed by atoms with E-state index in [1.807, 2.05) is 99.5 Å². The van der Waals surface area contributed by atoms with E-state index in [2.05, 4.69) is 10.6 Å². The lowest BCUT2D eigenvalue weighted by Gasteiger charge is -2.26. The van der Waals surface area contributed by atoms with Gasteiger partial charge in [-0.3, -0.25) is 9.59 Å². The molecular formula is C22H30N4O2. The zero-order chi connectivity index (χ0) is 20.7. The average Bonchev–Trinajstić information content (AvgIpc) is 2.68. The Morgan fingerprint density at radius 1 is 0.857 bits per heavy atom. The molecule has 2 N–H and O–H groups in total. The zero-order valence-electron chi connectivity index (χ0n) is 17.3. The van der Waals surface area contributed by atoms with Gasteiger partial charge >= 0.3 is 11.8 Å². The van der Waals surface area contributed by atoms with E-state index < -0.39 is 11.8 Å². The van der Waals surface area contributed by atoms with Gasteiger partial charge < -0.3 is 20.4 Å². The lowest BCUT2D eigenvalue weighted by molar-refractivity contribution is -0.139. The standard InChI is InChI=1S/C22H30N4O2/c1-16(17-9-7-6-8-10-17)24-22(28)21(27)23-15-20(26(4)5)18-11-13-19(14-12-18)25(2)3/h6-14,16,20H,15H2,1-5H3,(H,23,27)(H,24,28)/t16-,20+/m0/s1. The minimum atomic E-state index is -0.628. The first-order valence-electron chi connectivity index (χ1n) is 9.37. The third kappa shape index (κ3) is 5.82. The van der Waals surface area contributed by atoms with Crippen molar-refractivity contribution in [3.05, 3.63) is 65.7 Å². The van der Waals surface area contributed by atoms with Crippen LogP contribution in [0.15, 0.2) is 54.6 Å². The number of anilines is 1. The van der Waals surface area contributed by atoms with E-state index in [9.17, 15) is 9.59 Å². The topological polar surface area (TPSA) is 64.7 Å². The Hall–Kier alpha value is -2.86. The molecule has 0 bridgehead atoms. The van der Waals surface area contributed by atoms with Crippen LogP contribution < -0.4 is 15.5 Å². The summed E-state index contributed by atoms with van der Waals surface area (Å²) < 4.78 is 0. The Kier molecular flexibility index (Phi) is 7.58. The molecule has 0 spiro atoms. The van der Waals surface area contributed by atoms with Crippen molar-refractivity contribution in [2.75, 3.05) is 39.6 Å². The van der Waals surface area contributed by atoms with Gasteiger partial charge in [0.2, 0.25) is 0 Å². The van der Waals surface area contributed by atoms with Gasteiger partial charge in [-0.25, -0.2) is 0 Å². The Morgan fingerprint density at radius 3 is 2.00 bits per heavy atom. The van der Waals surface area contributed by atoms with E-state index in [1.54, 1.807) is 0 Å². The fourth-order valence-electron chi connectivity index (χ4n) is 2.95. The third-order valence-corrected chi connectivity index (χ3v) is 4.73. The van der Waals surface area contributed by atoms with Gasteiger partial charge in [-0.05, 0) is 44.3 Å². The average molecular weight is 383 g/mol. The largest absolute Gasteiger partial charge is 0.378 e. The smallest absolute Gasteiger partial charge is 0.309 e. The van der Waals surface area contributed by atoms with Crippen molar-refractivity contribution in [3.63, 3.8) is 0 Å². The highest BCUT2D eigenvalue weighted by atomic mass is 16.2. The fourth-order valence-corrected chi connectivity index (χ4v) is 2.95. The Balaban J connectivity index is 1.95. The van der Waals surface area contributed by atoms with E-state index in [1.165, 1.54) is 0 Å². The van der Waals surface area contributed by atoms with Crippen LogP contribution >= 0.6 is 0 Å². The monoisotopic (exact) mass is 382 g/mol. The molecule has 0 aliphatic heterocycles. The lowest BCUT2D eigenvalue weighted by Crippen LogP contribution is -2.43. The SMILES string of the molecule is C[C@H](NC(=O)C(=O)NC[C@H](c1ccc(N(C)C)cc1)N(C)C)c1ccccc1. The second kappa shape index (κ2) is 9.90. The summed E-state index contributed by atoms with van der Waals surface area (Å²) in [6.45, 7) is 2.20. The fraction of sp³-hybridized carbons (Fsp3) is 0.364. The second-order valence-corrected chi connectivity index (χ2v) is 7.28. The minimum absolute atomic E-state index is 0.0282. The molecule has 2 aromatic carbocycles. The molecule has 150 valence electrons. The van der Waals surface area contributed by atoms with Gasteiger partial charge in [-0.1, -0.05) is 42.5 Å². The van der Waals surface area contributed by atoms with Crippen molar-refractivity contribution >= 4 is 17.5 Å². The number of hydrogen-bond acceptors (Lipinski definition) is 4.